The van der Waals surface area contributed by atoms with E-state index in [1.807, 2.05) is 11.8 Å². The van der Waals surface area contributed by atoms with Crippen LogP contribution in [0.4, 0.5) is 0 Å². The number of aromatic nitrogens is 2. The number of hydrogen-bond donors (Lipinski definition) is 1. The predicted molar refractivity (Wildman–Crippen MR) is 76.2 cm³/mol. The Labute approximate surface area is 111 Å². The van der Waals surface area contributed by atoms with Gasteiger partial charge in [0.15, 0.2) is 0 Å². The van der Waals surface area contributed by atoms with E-state index in [2.05, 4.69) is 18.5 Å². The van der Waals surface area contributed by atoms with Crippen LogP contribution in [-0.4, -0.2) is 27.7 Å². The lowest BCUT2D eigenvalue weighted by molar-refractivity contribution is 0.536. The average Bonchev–Trinajstić information content (AvgIpc) is 2.33. The summed E-state index contributed by atoms with van der Waals surface area (Å²) in [5.74, 6) is 1.67. The van der Waals surface area contributed by atoms with Crippen molar-refractivity contribution in [3.8, 4) is 0 Å². The fraction of sp³-hybridized carbons (Fsp3) is 0.667. The molecule has 5 nitrogen and oxygen atoms in total. The smallest absolute Gasteiger partial charge is 0.311 e. The van der Waals surface area contributed by atoms with E-state index in [9.17, 15) is 9.59 Å². The molecule has 0 aliphatic rings. The molecule has 1 aromatic heterocycles. The monoisotopic (exact) mass is 271 g/mol. The number of hydrogen-bond acceptors (Lipinski definition) is 4. The Morgan fingerprint density at radius 3 is 2.61 bits per heavy atom. The molecule has 0 aliphatic heterocycles. The normalized spacial score (nSPS) is 12.7. The van der Waals surface area contributed by atoms with Crippen molar-refractivity contribution in [3.63, 3.8) is 0 Å². The summed E-state index contributed by atoms with van der Waals surface area (Å²) in [4.78, 5) is 23.2. The Bertz CT molecular complexity index is 507. The van der Waals surface area contributed by atoms with Gasteiger partial charge < -0.3 is 5.32 Å². The van der Waals surface area contributed by atoms with Gasteiger partial charge in [0, 0.05) is 32.4 Å². The Morgan fingerprint density at radius 2 is 2.00 bits per heavy atom. The van der Waals surface area contributed by atoms with Crippen molar-refractivity contribution in [2.24, 2.45) is 20.0 Å². The van der Waals surface area contributed by atoms with E-state index < -0.39 is 0 Å². The molecule has 0 saturated heterocycles. The minimum Gasteiger partial charge on any atom is -0.311 e. The number of thioether (sulfide) groups is 1. The first kappa shape index (κ1) is 15.0. The van der Waals surface area contributed by atoms with Gasteiger partial charge in [-0.05, 0) is 24.5 Å². The van der Waals surface area contributed by atoms with Gasteiger partial charge in [-0.25, -0.2) is 4.79 Å². The van der Waals surface area contributed by atoms with E-state index in [1.54, 1.807) is 7.05 Å². The number of nitrogens with zero attached hydrogens (tertiary/aromatic N) is 2. The zero-order valence-electron chi connectivity index (χ0n) is 11.4. The molecule has 18 heavy (non-hydrogen) atoms. The first-order valence-corrected chi connectivity index (χ1v) is 7.32. The predicted octanol–water partition coefficient (Wildman–Crippen LogP) is 0.173. The summed E-state index contributed by atoms with van der Waals surface area (Å²) in [6, 6.07) is 1.51. The van der Waals surface area contributed by atoms with Crippen LogP contribution in [0.25, 0.3) is 0 Å². The molecule has 1 heterocycles. The van der Waals surface area contributed by atoms with Gasteiger partial charge >= 0.3 is 5.69 Å². The lowest BCUT2D eigenvalue weighted by atomic mass is 10.2. The lowest BCUT2D eigenvalue weighted by Gasteiger charge is -2.13. The Kier molecular flexibility index (Phi) is 5.68. The summed E-state index contributed by atoms with van der Waals surface area (Å²) in [6.45, 7) is 3.59. The molecule has 0 aliphatic carbocycles. The van der Waals surface area contributed by atoms with Gasteiger partial charge in [-0.15, -0.1) is 0 Å². The Balaban J connectivity index is 2.69. The third-order valence-corrected chi connectivity index (χ3v) is 3.78. The van der Waals surface area contributed by atoms with Gasteiger partial charge in [-0.2, -0.15) is 11.8 Å². The largest absolute Gasteiger partial charge is 0.330 e. The molecule has 102 valence electrons. The van der Waals surface area contributed by atoms with E-state index in [-0.39, 0.29) is 11.2 Å². The molecule has 1 unspecified atom stereocenters. The van der Waals surface area contributed by atoms with Crippen molar-refractivity contribution in [1.82, 2.24) is 14.5 Å². The van der Waals surface area contributed by atoms with E-state index in [1.165, 1.54) is 17.7 Å². The molecule has 0 spiro atoms. The SMILES string of the molecule is CSCC(C)CNCc1cc(=O)n(C)c(=O)n1C. The van der Waals surface area contributed by atoms with Gasteiger partial charge in [-0.1, -0.05) is 6.92 Å². The van der Waals surface area contributed by atoms with E-state index in [0.717, 1.165) is 22.6 Å². The highest BCUT2D eigenvalue weighted by Gasteiger charge is 2.06. The van der Waals surface area contributed by atoms with Gasteiger partial charge in [-0.3, -0.25) is 13.9 Å². The first-order valence-electron chi connectivity index (χ1n) is 5.93. The number of nitrogens with one attached hydrogen (secondary N) is 1. The summed E-state index contributed by atoms with van der Waals surface area (Å²) in [5, 5.41) is 3.28. The lowest BCUT2D eigenvalue weighted by Crippen LogP contribution is -2.39. The van der Waals surface area contributed by atoms with Crippen LogP contribution in [0.2, 0.25) is 0 Å². The number of rotatable bonds is 6. The first-order chi connectivity index (χ1) is 8.47. The molecule has 0 amide bonds. The minimum atomic E-state index is -0.281. The minimum absolute atomic E-state index is 0.257. The van der Waals surface area contributed by atoms with Crippen molar-refractivity contribution in [1.29, 1.82) is 0 Å². The van der Waals surface area contributed by atoms with E-state index in [0.29, 0.717) is 12.5 Å². The third-order valence-electron chi connectivity index (χ3n) is 2.88. The summed E-state index contributed by atoms with van der Waals surface area (Å²) >= 11 is 1.82. The van der Waals surface area contributed by atoms with E-state index in [4.69, 9.17) is 0 Å². The maximum atomic E-state index is 11.7. The third kappa shape index (κ3) is 3.74. The average molecular weight is 271 g/mol. The zero-order valence-corrected chi connectivity index (χ0v) is 12.2. The highest BCUT2D eigenvalue weighted by atomic mass is 32.2. The van der Waals surface area contributed by atoms with Crippen molar-refractivity contribution in [3.05, 3.63) is 32.6 Å². The van der Waals surface area contributed by atoms with Crippen LogP contribution in [0.1, 0.15) is 12.6 Å². The summed E-state index contributed by atoms with van der Waals surface area (Å²) in [5.41, 5.74) is 0.183. The molecule has 1 atom stereocenters. The highest BCUT2D eigenvalue weighted by Crippen LogP contribution is 2.02. The molecule has 1 N–H and O–H groups in total. The van der Waals surface area contributed by atoms with Crippen molar-refractivity contribution < 1.29 is 0 Å². The molecule has 0 aromatic carbocycles. The molecule has 0 bridgehead atoms. The second-order valence-electron chi connectivity index (χ2n) is 4.57. The second-order valence-corrected chi connectivity index (χ2v) is 5.48. The summed E-state index contributed by atoms with van der Waals surface area (Å²) in [7, 11) is 3.17. The van der Waals surface area contributed by atoms with Crippen LogP contribution in [-0.2, 0) is 20.6 Å². The topological polar surface area (TPSA) is 56.0 Å². The van der Waals surface area contributed by atoms with Crippen LogP contribution in [0.3, 0.4) is 0 Å². The fourth-order valence-electron chi connectivity index (χ4n) is 1.74. The van der Waals surface area contributed by atoms with Crippen LogP contribution in [0.15, 0.2) is 15.7 Å². The maximum Gasteiger partial charge on any atom is 0.330 e. The second kappa shape index (κ2) is 6.80. The molecule has 1 rings (SSSR count). The van der Waals surface area contributed by atoms with Gasteiger partial charge in [0.2, 0.25) is 0 Å². The Hall–Kier alpha value is -1.01. The highest BCUT2D eigenvalue weighted by molar-refractivity contribution is 7.98. The van der Waals surface area contributed by atoms with E-state index >= 15 is 0 Å². The Morgan fingerprint density at radius 1 is 1.33 bits per heavy atom. The van der Waals surface area contributed by atoms with Gasteiger partial charge in [0.1, 0.15) is 0 Å². The molecule has 0 fully saturated rings. The fourth-order valence-corrected chi connectivity index (χ4v) is 2.42. The molecule has 0 radical (unpaired) electrons. The molecular weight excluding hydrogens is 250 g/mol. The maximum absolute atomic E-state index is 11.7. The quantitative estimate of drug-likeness (QED) is 0.801. The van der Waals surface area contributed by atoms with Gasteiger partial charge in [0.25, 0.3) is 5.56 Å². The van der Waals surface area contributed by atoms with Crippen LogP contribution >= 0.6 is 11.8 Å². The van der Waals surface area contributed by atoms with Crippen molar-refractivity contribution in [2.75, 3.05) is 18.6 Å². The van der Waals surface area contributed by atoms with Crippen molar-refractivity contribution >= 4 is 11.8 Å². The molecule has 6 heteroatoms. The van der Waals surface area contributed by atoms with Crippen LogP contribution in [0.5, 0.6) is 0 Å². The van der Waals surface area contributed by atoms with Crippen LogP contribution < -0.4 is 16.6 Å². The van der Waals surface area contributed by atoms with Crippen LogP contribution in [0, 0.1) is 5.92 Å². The molecule has 1 aromatic rings. The summed E-state index contributed by atoms with van der Waals surface area (Å²) in [6.07, 6.45) is 2.08. The molecule has 0 saturated carbocycles. The molecular formula is C12H21N3O2S. The van der Waals surface area contributed by atoms with Gasteiger partial charge in [0.05, 0.1) is 0 Å². The summed E-state index contributed by atoms with van der Waals surface area (Å²) < 4.78 is 2.62. The standard InChI is InChI=1S/C12H21N3O2S/c1-9(8-18-4)6-13-7-10-5-11(16)15(3)12(17)14(10)2/h5,9,13H,6-8H2,1-4H3. The van der Waals surface area contributed by atoms with Crippen molar-refractivity contribution in [2.45, 2.75) is 13.5 Å². The zero-order chi connectivity index (χ0) is 13.7.